The second kappa shape index (κ2) is 8.93. The predicted molar refractivity (Wildman–Crippen MR) is 119 cm³/mol. The molecule has 0 saturated heterocycles. The zero-order chi connectivity index (χ0) is 22.8. The van der Waals surface area contributed by atoms with Gasteiger partial charge in [-0.05, 0) is 61.9 Å². The van der Waals surface area contributed by atoms with Gasteiger partial charge in [0.15, 0.2) is 0 Å². The van der Waals surface area contributed by atoms with Crippen molar-refractivity contribution in [3.05, 3.63) is 54.7 Å². The van der Waals surface area contributed by atoms with Gasteiger partial charge in [-0.25, -0.2) is 19.3 Å². The van der Waals surface area contributed by atoms with Crippen LogP contribution in [-0.4, -0.2) is 42.1 Å². The third-order valence-electron chi connectivity index (χ3n) is 5.93. The van der Waals surface area contributed by atoms with Crippen molar-refractivity contribution in [2.75, 3.05) is 0 Å². The number of H-pyrrole nitrogens is 1. The zero-order valence-electron chi connectivity index (χ0n) is 17.7. The topological polar surface area (TPSA) is 114 Å². The van der Waals surface area contributed by atoms with E-state index in [1.54, 1.807) is 24.7 Å². The first-order valence-corrected chi connectivity index (χ1v) is 10.9. The van der Waals surface area contributed by atoms with E-state index in [2.05, 4.69) is 24.9 Å². The Kier molecular flexibility index (Phi) is 5.68. The summed E-state index contributed by atoms with van der Waals surface area (Å²) in [5.41, 5.74) is 3.57. The molecular formula is C24H22FN5O3. The van der Waals surface area contributed by atoms with E-state index in [9.17, 15) is 9.18 Å². The first-order chi connectivity index (χ1) is 16.0. The smallest absolute Gasteiger partial charge is 0.316 e. The van der Waals surface area contributed by atoms with Gasteiger partial charge in [-0.3, -0.25) is 9.78 Å². The molecule has 3 heterocycles. The van der Waals surface area contributed by atoms with Crippen molar-refractivity contribution in [1.82, 2.24) is 24.9 Å². The van der Waals surface area contributed by atoms with Crippen molar-refractivity contribution >= 4 is 17.0 Å². The Morgan fingerprint density at radius 2 is 1.79 bits per heavy atom. The largest absolute Gasteiger partial charge is 0.481 e. The van der Waals surface area contributed by atoms with E-state index in [1.165, 1.54) is 12.1 Å². The molecule has 8 nitrogen and oxygen atoms in total. The van der Waals surface area contributed by atoms with Crippen LogP contribution in [0.1, 0.15) is 32.1 Å². The Morgan fingerprint density at radius 1 is 1.03 bits per heavy atom. The molecule has 1 aliphatic rings. The molecule has 168 valence electrons. The van der Waals surface area contributed by atoms with Crippen LogP contribution in [0.25, 0.3) is 33.7 Å². The lowest BCUT2D eigenvalue weighted by molar-refractivity contribution is -0.138. The van der Waals surface area contributed by atoms with E-state index in [4.69, 9.17) is 9.84 Å². The van der Waals surface area contributed by atoms with Crippen LogP contribution in [0.4, 0.5) is 4.39 Å². The summed E-state index contributed by atoms with van der Waals surface area (Å²) in [6.45, 7) is 0. The van der Waals surface area contributed by atoms with Crippen LogP contribution in [0.3, 0.4) is 0 Å². The fraction of sp³-hybridized carbons (Fsp3) is 0.292. The summed E-state index contributed by atoms with van der Waals surface area (Å²) in [5.74, 6) is -0.217. The molecule has 0 unspecified atom stereocenters. The number of hydrogen-bond acceptors (Lipinski definition) is 6. The lowest BCUT2D eigenvalue weighted by atomic mass is 9.85. The third kappa shape index (κ3) is 4.82. The summed E-state index contributed by atoms with van der Waals surface area (Å²) in [7, 11) is 0. The second-order valence-electron chi connectivity index (χ2n) is 8.29. The Morgan fingerprint density at radius 3 is 2.48 bits per heavy atom. The molecule has 0 amide bonds. The molecule has 0 aliphatic heterocycles. The standard InChI is InChI=1S/C24H22FN5O3/c25-17-4-8-20-21(10-17)30-23(29-20)15-3-7-19(26-11-15)16-12-27-24(28-13-16)33-18-5-1-14(2-6-18)9-22(31)32/h3-4,7-8,10-14,18H,1-2,5-6,9H2,(H,29,30)(H,31,32). The molecule has 1 fully saturated rings. The van der Waals surface area contributed by atoms with E-state index in [0.29, 0.717) is 28.6 Å². The SMILES string of the molecule is O=C(O)CC1CCC(Oc2ncc(-c3ccc(-c4nc5ccc(F)cc5[nH]4)cn3)cn2)CC1. The number of aromatic amines is 1. The van der Waals surface area contributed by atoms with Crippen LogP contribution < -0.4 is 4.74 Å². The van der Waals surface area contributed by atoms with E-state index in [0.717, 1.165) is 36.8 Å². The number of aromatic nitrogens is 5. The summed E-state index contributed by atoms with van der Waals surface area (Å²) < 4.78 is 19.3. The van der Waals surface area contributed by atoms with E-state index in [-0.39, 0.29) is 24.3 Å². The first-order valence-electron chi connectivity index (χ1n) is 10.9. The molecule has 1 aromatic carbocycles. The van der Waals surface area contributed by atoms with Gasteiger partial charge in [-0.1, -0.05) is 0 Å². The van der Waals surface area contributed by atoms with Crippen LogP contribution in [-0.2, 0) is 4.79 Å². The monoisotopic (exact) mass is 447 g/mol. The number of rotatable bonds is 6. The van der Waals surface area contributed by atoms with Gasteiger partial charge in [0.05, 0.1) is 16.7 Å². The van der Waals surface area contributed by atoms with Gasteiger partial charge < -0.3 is 14.8 Å². The summed E-state index contributed by atoms with van der Waals surface area (Å²) in [5, 5.41) is 8.93. The summed E-state index contributed by atoms with van der Waals surface area (Å²) >= 11 is 0. The quantitative estimate of drug-likeness (QED) is 0.443. The Balaban J connectivity index is 1.22. The van der Waals surface area contributed by atoms with Crippen molar-refractivity contribution in [3.63, 3.8) is 0 Å². The maximum Gasteiger partial charge on any atom is 0.316 e. The lowest BCUT2D eigenvalue weighted by Crippen LogP contribution is -2.25. The number of fused-ring (bicyclic) bond motifs is 1. The number of carboxylic acids is 1. The van der Waals surface area contributed by atoms with Crippen LogP contribution in [0, 0.1) is 11.7 Å². The van der Waals surface area contributed by atoms with Crippen LogP contribution in [0.2, 0.25) is 0 Å². The number of hydrogen-bond donors (Lipinski definition) is 2. The third-order valence-corrected chi connectivity index (χ3v) is 5.93. The van der Waals surface area contributed by atoms with Gasteiger partial charge in [0.1, 0.15) is 17.7 Å². The highest BCUT2D eigenvalue weighted by Crippen LogP contribution is 2.29. The number of ether oxygens (including phenoxy) is 1. The maximum absolute atomic E-state index is 13.4. The molecule has 0 bridgehead atoms. The number of benzene rings is 1. The first kappa shape index (κ1) is 21.0. The average Bonchev–Trinajstić information content (AvgIpc) is 3.24. The van der Waals surface area contributed by atoms with Crippen molar-refractivity contribution in [2.45, 2.75) is 38.2 Å². The van der Waals surface area contributed by atoms with Gasteiger partial charge in [0, 0.05) is 36.1 Å². The Hall–Kier alpha value is -3.88. The number of nitrogens with zero attached hydrogens (tertiary/aromatic N) is 4. The number of carbonyl (C=O) groups is 1. The molecule has 1 aliphatic carbocycles. The molecule has 2 N–H and O–H groups in total. The van der Waals surface area contributed by atoms with E-state index in [1.807, 2.05) is 12.1 Å². The highest BCUT2D eigenvalue weighted by atomic mass is 19.1. The fourth-order valence-corrected chi connectivity index (χ4v) is 4.18. The molecule has 0 spiro atoms. The Bertz CT molecular complexity index is 1270. The van der Waals surface area contributed by atoms with Crippen molar-refractivity contribution in [3.8, 4) is 28.7 Å². The molecule has 9 heteroatoms. The number of pyridine rings is 1. The minimum absolute atomic E-state index is 0.00980. The van der Waals surface area contributed by atoms with Crippen molar-refractivity contribution in [1.29, 1.82) is 0 Å². The zero-order valence-corrected chi connectivity index (χ0v) is 17.7. The van der Waals surface area contributed by atoms with Gasteiger partial charge in [0.25, 0.3) is 0 Å². The van der Waals surface area contributed by atoms with Crippen molar-refractivity contribution < 1.29 is 19.0 Å². The molecular weight excluding hydrogens is 425 g/mol. The summed E-state index contributed by atoms with van der Waals surface area (Å²) in [6, 6.07) is 8.48. The molecule has 0 radical (unpaired) electrons. The van der Waals surface area contributed by atoms with E-state index < -0.39 is 5.97 Å². The highest BCUT2D eigenvalue weighted by Gasteiger charge is 2.24. The number of halogens is 1. The van der Waals surface area contributed by atoms with E-state index >= 15 is 0 Å². The maximum atomic E-state index is 13.4. The highest BCUT2D eigenvalue weighted by molar-refractivity contribution is 5.79. The van der Waals surface area contributed by atoms with Gasteiger partial charge in [-0.15, -0.1) is 0 Å². The normalized spacial score (nSPS) is 18.3. The predicted octanol–water partition coefficient (Wildman–Crippen LogP) is 4.63. The average molecular weight is 447 g/mol. The van der Waals surface area contributed by atoms with Gasteiger partial charge in [-0.2, -0.15) is 0 Å². The number of nitrogens with one attached hydrogen (secondary N) is 1. The summed E-state index contributed by atoms with van der Waals surface area (Å²) in [4.78, 5) is 31.6. The number of aliphatic carboxylic acids is 1. The lowest BCUT2D eigenvalue weighted by Gasteiger charge is -2.27. The Labute approximate surface area is 188 Å². The molecule has 1 saturated carbocycles. The molecule has 3 aromatic heterocycles. The number of carboxylic acid groups (broad SMARTS) is 1. The molecule has 0 atom stereocenters. The van der Waals surface area contributed by atoms with Crippen LogP contribution in [0.5, 0.6) is 6.01 Å². The number of imidazole rings is 1. The van der Waals surface area contributed by atoms with Crippen LogP contribution in [0.15, 0.2) is 48.9 Å². The minimum atomic E-state index is -0.743. The van der Waals surface area contributed by atoms with Gasteiger partial charge in [0.2, 0.25) is 0 Å². The molecule has 33 heavy (non-hydrogen) atoms. The minimum Gasteiger partial charge on any atom is -0.481 e. The summed E-state index contributed by atoms with van der Waals surface area (Å²) in [6.07, 6.45) is 8.56. The fourth-order valence-electron chi connectivity index (χ4n) is 4.18. The molecule has 5 rings (SSSR count). The second-order valence-corrected chi connectivity index (χ2v) is 8.29. The molecule has 4 aromatic rings. The van der Waals surface area contributed by atoms with Gasteiger partial charge >= 0.3 is 12.0 Å². The van der Waals surface area contributed by atoms with Crippen molar-refractivity contribution in [2.24, 2.45) is 5.92 Å². The van der Waals surface area contributed by atoms with Crippen LogP contribution >= 0.6 is 0 Å².